The summed E-state index contributed by atoms with van der Waals surface area (Å²) in [6.07, 6.45) is 0.311. The van der Waals surface area contributed by atoms with Gasteiger partial charge in [-0.25, -0.2) is 4.98 Å². The molecule has 5 heteroatoms. The Balaban J connectivity index is 2.21. The molecule has 0 saturated carbocycles. The van der Waals surface area contributed by atoms with Crippen molar-refractivity contribution in [1.29, 1.82) is 0 Å². The lowest BCUT2D eigenvalue weighted by Crippen LogP contribution is -2.31. The van der Waals surface area contributed by atoms with Crippen LogP contribution in [0, 0.1) is 11.8 Å². The van der Waals surface area contributed by atoms with Crippen LogP contribution in [0.4, 0.5) is 0 Å². The van der Waals surface area contributed by atoms with Crippen LogP contribution in [0.5, 0.6) is 0 Å². The van der Waals surface area contributed by atoms with Crippen LogP contribution in [0.15, 0.2) is 12.1 Å². The van der Waals surface area contributed by atoms with Crippen LogP contribution in [0.1, 0.15) is 35.6 Å². The molecule has 0 atom stereocenters. The summed E-state index contributed by atoms with van der Waals surface area (Å²) in [6.45, 7) is 4.55. The lowest BCUT2D eigenvalue weighted by atomic mass is 10.2. The largest absolute Gasteiger partial charge is 0.359 e. The minimum absolute atomic E-state index is 0.0466. The quantitative estimate of drug-likeness (QED) is 0.783. The molecule has 0 fully saturated rings. The van der Waals surface area contributed by atoms with Gasteiger partial charge in [-0.05, 0) is 25.8 Å². The maximum absolute atomic E-state index is 12.1. The van der Waals surface area contributed by atoms with Gasteiger partial charge in [0.25, 0.3) is 11.8 Å². The van der Waals surface area contributed by atoms with Crippen molar-refractivity contribution in [3.05, 3.63) is 29.1 Å². The predicted molar refractivity (Wildman–Crippen MR) is 69.9 cm³/mol. The van der Waals surface area contributed by atoms with Gasteiger partial charge in [-0.1, -0.05) is 12.0 Å². The standard InChI is InChI=1S/C14H15N3O2/c1-9(2)17-8-10-6-7-11(4-3-5-12(15)18)16-13(10)14(17)19/h6-7,9H,4,8H2,1-2H3,(H2,15,18). The number of amides is 2. The second-order valence-corrected chi connectivity index (χ2v) is 4.68. The number of nitrogens with zero attached hydrogens (tertiary/aromatic N) is 2. The first-order chi connectivity index (χ1) is 8.99. The van der Waals surface area contributed by atoms with Crippen LogP contribution >= 0.6 is 0 Å². The average molecular weight is 257 g/mol. The third-order valence-corrected chi connectivity index (χ3v) is 2.95. The molecule has 2 rings (SSSR count). The second-order valence-electron chi connectivity index (χ2n) is 4.68. The van der Waals surface area contributed by atoms with Gasteiger partial charge in [-0.15, -0.1) is 0 Å². The molecule has 0 unspecified atom stereocenters. The Morgan fingerprint density at radius 3 is 2.89 bits per heavy atom. The fraction of sp³-hybridized carbons (Fsp3) is 0.357. The van der Waals surface area contributed by atoms with Crippen LogP contribution in [0.2, 0.25) is 0 Å². The number of primary amides is 1. The first-order valence-electron chi connectivity index (χ1n) is 6.07. The van der Waals surface area contributed by atoms with Crippen LogP contribution < -0.4 is 5.73 Å². The second kappa shape index (κ2) is 5.11. The van der Waals surface area contributed by atoms with Crippen molar-refractivity contribution in [1.82, 2.24) is 9.88 Å². The number of rotatable bonds is 2. The summed E-state index contributed by atoms with van der Waals surface area (Å²) in [7, 11) is 0. The topological polar surface area (TPSA) is 76.3 Å². The normalized spacial score (nSPS) is 13.2. The third kappa shape index (κ3) is 2.74. The van der Waals surface area contributed by atoms with Crippen LogP contribution in [-0.2, 0) is 17.8 Å². The number of carbonyl (C=O) groups is 2. The summed E-state index contributed by atoms with van der Waals surface area (Å²) in [5.41, 5.74) is 7.03. The molecule has 19 heavy (non-hydrogen) atoms. The van der Waals surface area contributed by atoms with E-state index in [1.165, 1.54) is 0 Å². The highest BCUT2D eigenvalue weighted by Crippen LogP contribution is 2.23. The molecular formula is C14H15N3O2. The molecule has 2 N–H and O–H groups in total. The molecule has 5 nitrogen and oxygen atoms in total. The van der Waals surface area contributed by atoms with E-state index in [9.17, 15) is 9.59 Å². The van der Waals surface area contributed by atoms with Crippen molar-refractivity contribution >= 4 is 11.8 Å². The molecule has 0 saturated heterocycles. The summed E-state index contributed by atoms with van der Waals surface area (Å²) in [5.74, 6) is 4.17. The lowest BCUT2D eigenvalue weighted by Gasteiger charge is -2.19. The van der Waals surface area contributed by atoms with Gasteiger partial charge < -0.3 is 10.6 Å². The molecule has 0 bridgehead atoms. The van der Waals surface area contributed by atoms with E-state index in [0.29, 0.717) is 24.4 Å². The molecule has 1 aromatic heterocycles. The van der Waals surface area contributed by atoms with Gasteiger partial charge in [0.05, 0.1) is 12.1 Å². The Kier molecular flexibility index (Phi) is 3.52. The Morgan fingerprint density at radius 2 is 2.26 bits per heavy atom. The minimum atomic E-state index is -0.664. The predicted octanol–water partition coefficient (Wildman–Crippen LogP) is 0.477. The van der Waals surface area contributed by atoms with Crippen molar-refractivity contribution < 1.29 is 9.59 Å². The number of aromatic nitrogens is 1. The molecule has 0 aromatic carbocycles. The van der Waals surface area contributed by atoms with Gasteiger partial charge in [0.15, 0.2) is 0 Å². The number of hydrogen-bond acceptors (Lipinski definition) is 3. The van der Waals surface area contributed by atoms with Crippen molar-refractivity contribution in [3.8, 4) is 11.8 Å². The van der Waals surface area contributed by atoms with Crippen LogP contribution in [-0.4, -0.2) is 27.7 Å². The van der Waals surface area contributed by atoms with Gasteiger partial charge in [0, 0.05) is 18.2 Å². The Labute approximate surface area is 111 Å². The number of carbonyl (C=O) groups excluding carboxylic acids is 2. The van der Waals surface area contributed by atoms with E-state index in [1.807, 2.05) is 26.0 Å². The van der Waals surface area contributed by atoms with Crippen LogP contribution in [0.25, 0.3) is 0 Å². The Hall–Kier alpha value is -2.35. The first kappa shape index (κ1) is 13.1. The maximum Gasteiger partial charge on any atom is 0.293 e. The molecule has 1 aliphatic heterocycles. The first-order valence-corrected chi connectivity index (χ1v) is 6.07. The lowest BCUT2D eigenvalue weighted by molar-refractivity contribution is -0.112. The van der Waals surface area contributed by atoms with Gasteiger partial charge in [0.2, 0.25) is 0 Å². The van der Waals surface area contributed by atoms with E-state index in [0.717, 1.165) is 5.56 Å². The summed E-state index contributed by atoms with van der Waals surface area (Å²) < 4.78 is 0. The Bertz CT molecular complexity index is 596. The zero-order valence-electron chi connectivity index (χ0n) is 10.9. The molecule has 0 aliphatic carbocycles. The molecule has 98 valence electrons. The molecule has 1 aliphatic rings. The summed E-state index contributed by atoms with van der Waals surface area (Å²) in [5, 5.41) is 0. The molecule has 2 amide bonds. The van der Waals surface area contributed by atoms with E-state index in [4.69, 9.17) is 5.73 Å². The number of fused-ring (bicyclic) bond motifs is 1. The monoisotopic (exact) mass is 257 g/mol. The van der Waals surface area contributed by atoms with E-state index >= 15 is 0 Å². The third-order valence-electron chi connectivity index (χ3n) is 2.95. The molecule has 0 radical (unpaired) electrons. The zero-order valence-corrected chi connectivity index (χ0v) is 10.9. The SMILES string of the molecule is CC(C)N1Cc2ccc(CC#CC(N)=O)nc2C1=O. The maximum atomic E-state index is 12.1. The van der Waals surface area contributed by atoms with E-state index < -0.39 is 5.91 Å². The number of pyridine rings is 1. The molecular weight excluding hydrogens is 242 g/mol. The zero-order chi connectivity index (χ0) is 14.0. The highest BCUT2D eigenvalue weighted by atomic mass is 16.2. The highest BCUT2D eigenvalue weighted by molar-refractivity contribution is 5.96. The fourth-order valence-corrected chi connectivity index (χ4v) is 1.97. The average Bonchev–Trinajstić information content (AvgIpc) is 2.67. The fourth-order valence-electron chi connectivity index (χ4n) is 1.97. The van der Waals surface area contributed by atoms with Crippen LogP contribution in [0.3, 0.4) is 0 Å². The van der Waals surface area contributed by atoms with E-state index in [2.05, 4.69) is 16.8 Å². The number of hydrogen-bond donors (Lipinski definition) is 1. The van der Waals surface area contributed by atoms with Crippen molar-refractivity contribution in [2.45, 2.75) is 32.9 Å². The van der Waals surface area contributed by atoms with Crippen molar-refractivity contribution in [3.63, 3.8) is 0 Å². The van der Waals surface area contributed by atoms with Crippen molar-refractivity contribution in [2.75, 3.05) is 0 Å². The smallest absolute Gasteiger partial charge is 0.293 e. The molecule has 0 spiro atoms. The van der Waals surface area contributed by atoms with E-state index in [1.54, 1.807) is 4.90 Å². The summed E-state index contributed by atoms with van der Waals surface area (Å²) >= 11 is 0. The highest BCUT2D eigenvalue weighted by Gasteiger charge is 2.30. The number of nitrogens with two attached hydrogens (primary N) is 1. The van der Waals surface area contributed by atoms with Gasteiger partial charge in [-0.3, -0.25) is 9.59 Å². The summed E-state index contributed by atoms with van der Waals surface area (Å²) in [4.78, 5) is 28.7. The van der Waals surface area contributed by atoms with Crippen molar-refractivity contribution in [2.24, 2.45) is 5.73 Å². The molecule has 1 aromatic rings. The van der Waals surface area contributed by atoms with Gasteiger partial charge >= 0.3 is 0 Å². The van der Waals surface area contributed by atoms with Gasteiger partial charge in [0.1, 0.15) is 5.69 Å². The Morgan fingerprint density at radius 1 is 1.53 bits per heavy atom. The summed E-state index contributed by atoms with van der Waals surface area (Å²) in [6, 6.07) is 3.87. The van der Waals surface area contributed by atoms with Gasteiger partial charge in [-0.2, -0.15) is 0 Å². The molecule has 2 heterocycles. The van der Waals surface area contributed by atoms with E-state index in [-0.39, 0.29) is 11.9 Å². The minimum Gasteiger partial charge on any atom is -0.359 e.